The zero-order valence-corrected chi connectivity index (χ0v) is 19.2. The van der Waals surface area contributed by atoms with Crippen molar-refractivity contribution in [3.8, 4) is 0 Å². The van der Waals surface area contributed by atoms with E-state index in [4.69, 9.17) is 4.98 Å². The standard InChI is InChI=1S/C24H29N3O2S/c1-6-26(7-2)12-13-27(23(29)20-10-8-19(9-11-20)18(5)28)24-25-21-15-16(3)14-17(4)22(21)30-24/h8-11,14-15H,6-7,12-13H2,1-5H3/p+1. The lowest BCUT2D eigenvalue weighted by Gasteiger charge is -2.23. The summed E-state index contributed by atoms with van der Waals surface area (Å²) in [7, 11) is 0. The van der Waals surface area contributed by atoms with Gasteiger partial charge in [0.1, 0.15) is 0 Å². The minimum atomic E-state index is -0.0786. The van der Waals surface area contributed by atoms with Gasteiger partial charge in [-0.15, -0.1) is 0 Å². The summed E-state index contributed by atoms with van der Waals surface area (Å²) < 4.78 is 1.12. The lowest BCUT2D eigenvalue weighted by molar-refractivity contribution is -0.894. The third kappa shape index (κ3) is 4.77. The Morgan fingerprint density at radius 2 is 1.67 bits per heavy atom. The van der Waals surface area contributed by atoms with Gasteiger partial charge in [-0.3, -0.25) is 14.5 Å². The summed E-state index contributed by atoms with van der Waals surface area (Å²) in [5.41, 5.74) is 4.47. The van der Waals surface area contributed by atoms with Gasteiger partial charge in [-0.2, -0.15) is 0 Å². The van der Waals surface area contributed by atoms with Crippen LogP contribution < -0.4 is 9.80 Å². The number of benzene rings is 2. The number of nitrogens with one attached hydrogen (secondary N) is 1. The van der Waals surface area contributed by atoms with Crippen LogP contribution >= 0.6 is 11.3 Å². The summed E-state index contributed by atoms with van der Waals surface area (Å²) in [5.74, 6) is -0.0851. The largest absolute Gasteiger partial charge is 0.334 e. The van der Waals surface area contributed by atoms with E-state index in [0.717, 1.165) is 35.0 Å². The molecule has 5 nitrogen and oxygen atoms in total. The topological polar surface area (TPSA) is 54.7 Å². The quantitative estimate of drug-likeness (QED) is 0.561. The van der Waals surface area contributed by atoms with Gasteiger partial charge < -0.3 is 4.90 Å². The minimum Gasteiger partial charge on any atom is -0.334 e. The van der Waals surface area contributed by atoms with Crippen molar-refractivity contribution in [2.45, 2.75) is 34.6 Å². The van der Waals surface area contributed by atoms with E-state index in [1.54, 1.807) is 40.5 Å². The molecule has 1 amide bonds. The molecule has 30 heavy (non-hydrogen) atoms. The van der Waals surface area contributed by atoms with Crippen LogP contribution in [0.3, 0.4) is 0 Å². The number of Topliss-reactive ketones (excluding diaryl/α,β-unsaturated/α-hetero) is 1. The molecule has 6 heteroatoms. The van der Waals surface area contributed by atoms with Gasteiger partial charge in [0, 0.05) is 11.1 Å². The Labute approximate surface area is 182 Å². The zero-order chi connectivity index (χ0) is 21.8. The fourth-order valence-corrected chi connectivity index (χ4v) is 4.68. The van der Waals surface area contributed by atoms with Crippen molar-refractivity contribution in [3.63, 3.8) is 0 Å². The van der Waals surface area contributed by atoms with E-state index in [9.17, 15) is 9.59 Å². The second-order valence-electron chi connectivity index (χ2n) is 7.72. The van der Waals surface area contributed by atoms with E-state index in [2.05, 4.69) is 39.8 Å². The first-order valence-electron chi connectivity index (χ1n) is 10.5. The molecular formula is C24H30N3O2S+. The van der Waals surface area contributed by atoms with Crippen molar-refractivity contribution in [2.24, 2.45) is 0 Å². The fourth-order valence-electron chi connectivity index (χ4n) is 3.64. The molecule has 1 heterocycles. The van der Waals surface area contributed by atoms with Gasteiger partial charge in [-0.25, -0.2) is 4.98 Å². The second kappa shape index (κ2) is 9.49. The van der Waals surface area contributed by atoms with Crippen molar-refractivity contribution in [3.05, 3.63) is 58.7 Å². The van der Waals surface area contributed by atoms with Crippen LogP contribution in [0.4, 0.5) is 5.13 Å². The molecule has 0 aliphatic rings. The zero-order valence-electron chi connectivity index (χ0n) is 18.4. The number of anilines is 1. The molecule has 0 saturated heterocycles. The highest BCUT2D eigenvalue weighted by Crippen LogP contribution is 2.32. The number of likely N-dealkylation sites (N-methyl/N-ethyl adjacent to an activating group) is 1. The highest BCUT2D eigenvalue weighted by molar-refractivity contribution is 7.22. The number of hydrogen-bond donors (Lipinski definition) is 1. The van der Waals surface area contributed by atoms with Crippen LogP contribution in [0, 0.1) is 13.8 Å². The molecule has 2 aromatic carbocycles. The average molecular weight is 425 g/mol. The number of fused-ring (bicyclic) bond motifs is 1. The SMILES string of the molecule is CC[NH+](CC)CCN(C(=O)c1ccc(C(C)=O)cc1)c1nc2cc(C)cc(C)c2s1. The van der Waals surface area contributed by atoms with Crippen molar-refractivity contribution in [1.29, 1.82) is 0 Å². The molecule has 1 N–H and O–H groups in total. The number of carbonyl (C=O) groups excluding carboxylic acids is 2. The molecule has 0 saturated carbocycles. The summed E-state index contributed by atoms with van der Waals surface area (Å²) in [6.07, 6.45) is 0. The van der Waals surface area contributed by atoms with Gasteiger partial charge >= 0.3 is 0 Å². The van der Waals surface area contributed by atoms with Gasteiger partial charge in [-0.05, 0) is 63.9 Å². The lowest BCUT2D eigenvalue weighted by Crippen LogP contribution is -3.12. The molecule has 3 rings (SSSR count). The number of quaternary nitrogens is 1. The Morgan fingerprint density at radius 3 is 2.27 bits per heavy atom. The van der Waals surface area contributed by atoms with Gasteiger partial charge in [0.2, 0.25) is 0 Å². The smallest absolute Gasteiger partial charge is 0.260 e. The molecule has 0 atom stereocenters. The van der Waals surface area contributed by atoms with Gasteiger partial charge in [0.05, 0.1) is 36.4 Å². The van der Waals surface area contributed by atoms with E-state index < -0.39 is 0 Å². The van der Waals surface area contributed by atoms with Crippen molar-refractivity contribution < 1.29 is 14.5 Å². The summed E-state index contributed by atoms with van der Waals surface area (Å²) in [5, 5.41) is 0.728. The van der Waals surface area contributed by atoms with Gasteiger partial charge in [0.15, 0.2) is 10.9 Å². The predicted molar refractivity (Wildman–Crippen MR) is 124 cm³/mol. The molecule has 1 aromatic heterocycles. The number of ketones is 1. The number of aryl methyl sites for hydroxylation is 2. The van der Waals surface area contributed by atoms with Crippen LogP contribution in [0.1, 0.15) is 52.6 Å². The number of hydrogen-bond acceptors (Lipinski definition) is 4. The Kier molecular flexibility index (Phi) is 7.00. The number of carbonyl (C=O) groups is 2. The highest BCUT2D eigenvalue weighted by atomic mass is 32.1. The van der Waals surface area contributed by atoms with Gasteiger partial charge in [-0.1, -0.05) is 29.5 Å². The lowest BCUT2D eigenvalue weighted by atomic mass is 10.1. The summed E-state index contributed by atoms with van der Waals surface area (Å²) >= 11 is 1.57. The number of aromatic nitrogens is 1. The van der Waals surface area contributed by atoms with Crippen LogP contribution in [0.15, 0.2) is 36.4 Å². The van der Waals surface area contributed by atoms with E-state index in [-0.39, 0.29) is 11.7 Å². The molecule has 0 spiro atoms. The van der Waals surface area contributed by atoms with E-state index in [1.165, 1.54) is 23.0 Å². The minimum absolute atomic E-state index is 0.00648. The maximum Gasteiger partial charge on any atom is 0.260 e. The molecule has 158 valence electrons. The van der Waals surface area contributed by atoms with Crippen LogP contribution in [0.2, 0.25) is 0 Å². The molecule has 0 fully saturated rings. The Bertz CT molecular complexity index is 1050. The first-order chi connectivity index (χ1) is 14.3. The molecule has 0 bridgehead atoms. The molecular weight excluding hydrogens is 394 g/mol. The Balaban J connectivity index is 1.98. The van der Waals surface area contributed by atoms with Crippen molar-refractivity contribution >= 4 is 38.4 Å². The fraction of sp³-hybridized carbons (Fsp3) is 0.375. The third-order valence-corrected chi connectivity index (χ3v) is 6.74. The van der Waals surface area contributed by atoms with Crippen molar-refractivity contribution in [1.82, 2.24) is 4.98 Å². The number of nitrogens with zero attached hydrogens (tertiary/aromatic N) is 2. The number of amides is 1. The predicted octanol–water partition coefficient (Wildman–Crippen LogP) is 3.69. The first kappa shape index (κ1) is 22.1. The van der Waals surface area contributed by atoms with Crippen molar-refractivity contribution in [2.75, 3.05) is 31.1 Å². The summed E-state index contributed by atoms with van der Waals surface area (Å²) in [6.45, 7) is 13.5. The molecule has 3 aromatic rings. The Morgan fingerprint density at radius 1 is 1.03 bits per heavy atom. The number of thiazole rings is 1. The average Bonchev–Trinajstić information content (AvgIpc) is 3.15. The first-order valence-corrected chi connectivity index (χ1v) is 11.3. The summed E-state index contributed by atoms with van der Waals surface area (Å²) in [4.78, 5) is 33.1. The molecule has 0 aliphatic heterocycles. The Hall–Kier alpha value is -2.57. The van der Waals surface area contributed by atoms with Crippen LogP contribution in [0.25, 0.3) is 10.2 Å². The maximum atomic E-state index is 13.4. The van der Waals surface area contributed by atoms with E-state index >= 15 is 0 Å². The van der Waals surface area contributed by atoms with E-state index in [0.29, 0.717) is 17.7 Å². The van der Waals surface area contributed by atoms with Crippen LogP contribution in [-0.2, 0) is 0 Å². The van der Waals surface area contributed by atoms with E-state index in [1.807, 2.05) is 0 Å². The molecule has 0 unspecified atom stereocenters. The van der Waals surface area contributed by atoms with Gasteiger partial charge in [0.25, 0.3) is 5.91 Å². The second-order valence-corrected chi connectivity index (χ2v) is 8.70. The maximum absolute atomic E-state index is 13.4. The molecule has 0 radical (unpaired) electrons. The van der Waals surface area contributed by atoms with Crippen LogP contribution in [0.5, 0.6) is 0 Å². The third-order valence-electron chi connectivity index (χ3n) is 5.51. The summed E-state index contributed by atoms with van der Waals surface area (Å²) in [6, 6.07) is 11.1. The molecule has 0 aliphatic carbocycles. The normalized spacial score (nSPS) is 11.3. The highest BCUT2D eigenvalue weighted by Gasteiger charge is 2.23. The van der Waals surface area contributed by atoms with Crippen LogP contribution in [-0.4, -0.2) is 42.9 Å². The number of rotatable bonds is 8. The monoisotopic (exact) mass is 424 g/mol.